The van der Waals surface area contributed by atoms with E-state index in [9.17, 15) is 4.79 Å². The molecule has 0 saturated carbocycles. The van der Waals surface area contributed by atoms with Gasteiger partial charge >= 0.3 is 0 Å². The average Bonchev–Trinajstić information content (AvgIpc) is 3.16. The van der Waals surface area contributed by atoms with E-state index in [4.69, 9.17) is 16.3 Å². The number of nitrogens with one attached hydrogen (secondary N) is 1. The number of hydrogen-bond acceptors (Lipinski definition) is 4. The van der Waals surface area contributed by atoms with E-state index >= 15 is 0 Å². The fourth-order valence-corrected chi connectivity index (χ4v) is 4.90. The number of aryl methyl sites for hydroxylation is 3. The highest BCUT2D eigenvalue weighted by atomic mass is 35.5. The molecule has 0 fully saturated rings. The van der Waals surface area contributed by atoms with Crippen molar-refractivity contribution in [1.82, 2.24) is 19.8 Å². The van der Waals surface area contributed by atoms with Crippen molar-refractivity contribution in [2.75, 3.05) is 20.2 Å². The van der Waals surface area contributed by atoms with Crippen LogP contribution in [0, 0.1) is 13.8 Å². The van der Waals surface area contributed by atoms with Gasteiger partial charge in [-0.3, -0.25) is 9.69 Å². The smallest absolute Gasteiger partial charge is 0.241 e. The number of ether oxygens (including phenoxy) is 1. The molecule has 0 bridgehead atoms. The van der Waals surface area contributed by atoms with Gasteiger partial charge in [0.25, 0.3) is 0 Å². The Balaban J connectivity index is 1.74. The molecule has 33 heavy (non-hydrogen) atoms. The number of fused-ring (bicyclic) bond motifs is 1. The lowest BCUT2D eigenvalue weighted by molar-refractivity contribution is -0.128. The van der Waals surface area contributed by atoms with Crippen LogP contribution >= 0.6 is 11.6 Å². The van der Waals surface area contributed by atoms with Gasteiger partial charge in [0.2, 0.25) is 5.91 Å². The molecule has 0 aliphatic carbocycles. The highest BCUT2D eigenvalue weighted by Gasteiger charge is 2.39. The van der Waals surface area contributed by atoms with Gasteiger partial charge in [-0.15, -0.1) is 0 Å². The second-order valence-electron chi connectivity index (χ2n) is 8.45. The van der Waals surface area contributed by atoms with Crippen LogP contribution in [-0.2, 0) is 17.8 Å². The number of imidazole rings is 1. The molecule has 6 nitrogen and oxygen atoms in total. The van der Waals surface area contributed by atoms with Crippen LogP contribution in [0.15, 0.2) is 48.5 Å². The monoisotopic (exact) mass is 466 g/mol. The van der Waals surface area contributed by atoms with Gasteiger partial charge in [0.05, 0.1) is 11.7 Å². The summed E-state index contributed by atoms with van der Waals surface area (Å²) in [5, 5.41) is 3.33. The summed E-state index contributed by atoms with van der Waals surface area (Å²) >= 11 is 6.68. The van der Waals surface area contributed by atoms with Gasteiger partial charge in [-0.25, -0.2) is 4.98 Å². The zero-order chi connectivity index (χ0) is 23.5. The average molecular weight is 467 g/mol. The Morgan fingerprint density at radius 3 is 2.61 bits per heavy atom. The molecular weight excluding hydrogens is 436 g/mol. The van der Waals surface area contributed by atoms with Crippen molar-refractivity contribution >= 4 is 17.5 Å². The number of carbonyl (C=O) groups is 1. The van der Waals surface area contributed by atoms with Gasteiger partial charge in [-0.05, 0) is 42.7 Å². The summed E-state index contributed by atoms with van der Waals surface area (Å²) in [6.07, 6.45) is 0.794. The van der Waals surface area contributed by atoms with Gasteiger partial charge < -0.3 is 14.6 Å². The number of halogens is 1. The van der Waals surface area contributed by atoms with Crippen LogP contribution in [0.25, 0.3) is 0 Å². The third-order valence-electron chi connectivity index (χ3n) is 6.48. The third-order valence-corrected chi connectivity index (χ3v) is 6.76. The summed E-state index contributed by atoms with van der Waals surface area (Å²) in [5.74, 6) is 1.71. The molecule has 3 aromatic rings. The first kappa shape index (κ1) is 23.3. The first-order valence-corrected chi connectivity index (χ1v) is 11.8. The van der Waals surface area contributed by atoms with Crippen molar-refractivity contribution in [3.8, 4) is 5.75 Å². The summed E-state index contributed by atoms with van der Waals surface area (Å²) in [4.78, 5) is 19.9. The summed E-state index contributed by atoms with van der Waals surface area (Å²) in [7, 11) is 1.68. The molecule has 1 aliphatic rings. The molecule has 1 amide bonds. The van der Waals surface area contributed by atoms with E-state index in [1.807, 2.05) is 42.5 Å². The van der Waals surface area contributed by atoms with Crippen LogP contribution in [-0.4, -0.2) is 40.6 Å². The Morgan fingerprint density at radius 1 is 1.18 bits per heavy atom. The fraction of sp³-hybridized carbons (Fsp3) is 0.385. The molecule has 1 aromatic heterocycles. The molecule has 0 spiro atoms. The molecule has 0 unspecified atom stereocenters. The van der Waals surface area contributed by atoms with Crippen molar-refractivity contribution in [2.45, 2.75) is 45.8 Å². The van der Waals surface area contributed by atoms with Crippen LogP contribution < -0.4 is 10.1 Å². The Kier molecular flexibility index (Phi) is 7.05. The number of amides is 1. The van der Waals surface area contributed by atoms with Crippen LogP contribution in [0.2, 0.25) is 5.15 Å². The van der Waals surface area contributed by atoms with Gasteiger partial charge in [-0.2, -0.15) is 0 Å². The molecule has 174 valence electrons. The van der Waals surface area contributed by atoms with Crippen LogP contribution in [0.3, 0.4) is 0 Å². The van der Waals surface area contributed by atoms with Crippen molar-refractivity contribution in [2.24, 2.45) is 0 Å². The highest BCUT2D eigenvalue weighted by molar-refractivity contribution is 6.30. The molecule has 1 N–H and O–H groups in total. The maximum Gasteiger partial charge on any atom is 0.241 e. The first-order chi connectivity index (χ1) is 15.9. The van der Waals surface area contributed by atoms with Gasteiger partial charge in [0.1, 0.15) is 24.2 Å². The highest BCUT2D eigenvalue weighted by Crippen LogP contribution is 2.38. The zero-order valence-corrected chi connectivity index (χ0v) is 20.4. The number of carbonyl (C=O) groups excluding carboxylic acids is 1. The van der Waals surface area contributed by atoms with Crippen molar-refractivity contribution in [3.05, 3.63) is 81.9 Å². The molecule has 2 heterocycles. The first-order valence-electron chi connectivity index (χ1n) is 11.4. The Hall–Kier alpha value is -2.83. The van der Waals surface area contributed by atoms with Crippen molar-refractivity contribution in [1.29, 1.82) is 0 Å². The maximum absolute atomic E-state index is 13.1. The summed E-state index contributed by atoms with van der Waals surface area (Å²) in [5.41, 5.74) is 4.25. The van der Waals surface area contributed by atoms with Crippen LogP contribution in [0.4, 0.5) is 0 Å². The van der Waals surface area contributed by atoms with Gasteiger partial charge in [0, 0.05) is 26.6 Å². The largest absolute Gasteiger partial charge is 0.492 e. The fourth-order valence-electron chi connectivity index (χ4n) is 4.57. The lowest BCUT2D eigenvalue weighted by atomic mass is 9.99. The quantitative estimate of drug-likeness (QED) is 0.551. The number of benzene rings is 2. The minimum Gasteiger partial charge on any atom is -0.492 e. The zero-order valence-electron chi connectivity index (χ0n) is 19.6. The predicted molar refractivity (Wildman–Crippen MR) is 131 cm³/mol. The normalized spacial score (nSPS) is 16.8. The summed E-state index contributed by atoms with van der Waals surface area (Å²) in [6, 6.07) is 15.3. The van der Waals surface area contributed by atoms with E-state index in [2.05, 4.69) is 46.6 Å². The number of nitrogens with zero attached hydrogens (tertiary/aromatic N) is 3. The number of aromatic nitrogens is 2. The minimum absolute atomic E-state index is 0.0582. The topological polar surface area (TPSA) is 59.4 Å². The van der Waals surface area contributed by atoms with E-state index in [1.165, 1.54) is 11.1 Å². The maximum atomic E-state index is 13.1. The lowest BCUT2D eigenvalue weighted by Gasteiger charge is -2.41. The molecule has 2 atom stereocenters. The van der Waals surface area contributed by atoms with Crippen molar-refractivity contribution in [3.63, 3.8) is 0 Å². The molecule has 1 aliphatic heterocycles. The standard InChI is InChI=1S/C26H31ClN4O2/c1-5-22-29-25(27)24-21(16-33-20-12-11-17(2)18(3)15-20)30(13-14-31(22)24)23(26(32)28-4)19-9-7-6-8-10-19/h6-12,15,21,23H,5,13-14,16H2,1-4H3,(H,28,32)/t21-,23+/m0/s1. The van der Waals surface area contributed by atoms with Gasteiger partial charge in [0.15, 0.2) is 5.15 Å². The molecule has 0 radical (unpaired) electrons. The second kappa shape index (κ2) is 9.98. The van der Waals surface area contributed by atoms with Crippen molar-refractivity contribution < 1.29 is 9.53 Å². The number of likely N-dealkylation sites (N-methyl/N-ethyl adjacent to an activating group) is 1. The minimum atomic E-state index is -0.464. The van der Waals surface area contributed by atoms with Gasteiger partial charge in [-0.1, -0.05) is 54.9 Å². The summed E-state index contributed by atoms with van der Waals surface area (Å²) in [6.45, 7) is 8.00. The van der Waals surface area contributed by atoms with Crippen LogP contribution in [0.1, 0.15) is 47.2 Å². The molecular formula is C26H31ClN4O2. The molecule has 4 rings (SSSR count). The van der Waals surface area contributed by atoms with E-state index in [0.717, 1.165) is 35.8 Å². The Bertz CT molecular complexity index is 1130. The van der Waals surface area contributed by atoms with Crippen LogP contribution in [0.5, 0.6) is 5.75 Å². The number of hydrogen-bond donors (Lipinski definition) is 1. The Morgan fingerprint density at radius 2 is 1.94 bits per heavy atom. The van der Waals surface area contributed by atoms with E-state index in [-0.39, 0.29) is 11.9 Å². The molecule has 0 saturated heterocycles. The molecule has 2 aromatic carbocycles. The summed E-state index contributed by atoms with van der Waals surface area (Å²) < 4.78 is 8.49. The SMILES string of the molecule is CCc1nc(Cl)c2n1CCN([C@@H](C(=O)NC)c1ccccc1)[C@H]2COc1ccc(C)c(C)c1. The van der Waals surface area contributed by atoms with E-state index < -0.39 is 6.04 Å². The molecule has 7 heteroatoms. The second-order valence-corrected chi connectivity index (χ2v) is 8.81. The van der Waals surface area contributed by atoms with E-state index in [0.29, 0.717) is 18.3 Å². The lowest BCUT2D eigenvalue weighted by Crippen LogP contribution is -2.47. The number of rotatable bonds is 7. The Labute approximate surface area is 200 Å². The van der Waals surface area contributed by atoms with E-state index in [1.54, 1.807) is 7.05 Å². The third kappa shape index (κ3) is 4.63. The predicted octanol–water partition coefficient (Wildman–Crippen LogP) is 4.64.